The quantitative estimate of drug-likeness (QED) is 0.634. The summed E-state index contributed by atoms with van der Waals surface area (Å²) in [6.45, 7) is 1.98. The van der Waals surface area contributed by atoms with E-state index in [1.165, 1.54) is 19.2 Å². The molecule has 27 heavy (non-hydrogen) atoms. The number of hydrogen-bond donors (Lipinski definition) is 1. The van der Waals surface area contributed by atoms with Crippen molar-refractivity contribution in [3.05, 3.63) is 70.7 Å². The first-order chi connectivity index (χ1) is 13.0. The molecule has 0 atom stereocenters. The Hall–Kier alpha value is -3.05. The Morgan fingerprint density at radius 3 is 2.33 bits per heavy atom. The van der Waals surface area contributed by atoms with Gasteiger partial charge in [-0.15, -0.1) is 0 Å². The van der Waals surface area contributed by atoms with Crippen LogP contribution in [0.15, 0.2) is 54.6 Å². The summed E-state index contributed by atoms with van der Waals surface area (Å²) in [4.78, 5) is 24.6. The number of fused-ring (bicyclic) bond motifs is 1. The highest BCUT2D eigenvalue weighted by atomic mass is 35.5. The van der Waals surface area contributed by atoms with Gasteiger partial charge in [-0.3, -0.25) is 4.79 Å². The standard InChI is InChI=1S/C21H18ClNO4/c1-3-27-21(25)16-9-8-15(12-18(16)22)23-20(24)17-10-13-6-4-5-7-14(13)11-19(17)26-2/h4-12H,3H2,1-2H3,(H,23,24). The van der Waals surface area contributed by atoms with E-state index in [-0.39, 0.29) is 23.1 Å². The highest BCUT2D eigenvalue weighted by Crippen LogP contribution is 2.28. The van der Waals surface area contributed by atoms with Crippen molar-refractivity contribution in [1.29, 1.82) is 0 Å². The number of carbonyl (C=O) groups is 2. The molecular formula is C21H18ClNO4. The molecule has 6 heteroatoms. The van der Waals surface area contributed by atoms with Crippen molar-refractivity contribution < 1.29 is 19.1 Å². The summed E-state index contributed by atoms with van der Waals surface area (Å²) in [5.41, 5.74) is 1.12. The van der Waals surface area contributed by atoms with Gasteiger partial charge in [-0.2, -0.15) is 0 Å². The molecule has 0 unspecified atom stereocenters. The predicted molar refractivity (Wildman–Crippen MR) is 106 cm³/mol. The van der Waals surface area contributed by atoms with Crippen LogP contribution in [0.25, 0.3) is 10.8 Å². The van der Waals surface area contributed by atoms with Crippen LogP contribution in [0.4, 0.5) is 5.69 Å². The molecule has 1 amide bonds. The van der Waals surface area contributed by atoms with Crippen LogP contribution in [0, 0.1) is 0 Å². The SMILES string of the molecule is CCOC(=O)c1ccc(NC(=O)c2cc3ccccc3cc2OC)cc1Cl. The molecule has 0 fully saturated rings. The molecule has 3 rings (SSSR count). The highest BCUT2D eigenvalue weighted by molar-refractivity contribution is 6.34. The Balaban J connectivity index is 1.88. The van der Waals surface area contributed by atoms with Gasteiger partial charge in [0.25, 0.3) is 5.91 Å². The summed E-state index contributed by atoms with van der Waals surface area (Å²) >= 11 is 6.15. The van der Waals surface area contributed by atoms with Crippen LogP contribution >= 0.6 is 11.6 Å². The summed E-state index contributed by atoms with van der Waals surface area (Å²) in [6, 6.07) is 15.9. The lowest BCUT2D eigenvalue weighted by Crippen LogP contribution is -2.14. The van der Waals surface area contributed by atoms with Gasteiger partial charge in [-0.1, -0.05) is 35.9 Å². The minimum absolute atomic E-state index is 0.205. The lowest BCUT2D eigenvalue weighted by atomic mass is 10.1. The molecule has 0 bridgehead atoms. The fourth-order valence-electron chi connectivity index (χ4n) is 2.73. The van der Waals surface area contributed by atoms with E-state index in [0.717, 1.165) is 10.8 Å². The van der Waals surface area contributed by atoms with Gasteiger partial charge in [-0.25, -0.2) is 4.79 Å². The van der Waals surface area contributed by atoms with E-state index < -0.39 is 5.97 Å². The van der Waals surface area contributed by atoms with Crippen LogP contribution in [0.2, 0.25) is 5.02 Å². The van der Waals surface area contributed by atoms with Gasteiger partial charge >= 0.3 is 5.97 Å². The summed E-state index contributed by atoms with van der Waals surface area (Å²) in [6.07, 6.45) is 0. The van der Waals surface area contributed by atoms with Gasteiger partial charge in [0.15, 0.2) is 0 Å². The molecular weight excluding hydrogens is 366 g/mol. The maximum absolute atomic E-state index is 12.7. The zero-order chi connectivity index (χ0) is 19.4. The van der Waals surface area contributed by atoms with Crippen LogP contribution < -0.4 is 10.1 Å². The zero-order valence-corrected chi connectivity index (χ0v) is 15.7. The van der Waals surface area contributed by atoms with E-state index in [1.807, 2.05) is 30.3 Å². The van der Waals surface area contributed by atoms with E-state index >= 15 is 0 Å². The minimum atomic E-state index is -0.503. The fraction of sp³-hybridized carbons (Fsp3) is 0.143. The van der Waals surface area contributed by atoms with E-state index in [9.17, 15) is 9.59 Å². The Kier molecular flexibility index (Phi) is 5.62. The third kappa shape index (κ3) is 4.04. The number of hydrogen-bond acceptors (Lipinski definition) is 4. The van der Waals surface area contributed by atoms with Gasteiger partial charge in [0.05, 0.1) is 29.9 Å². The van der Waals surface area contributed by atoms with Crippen LogP contribution in [-0.2, 0) is 4.74 Å². The minimum Gasteiger partial charge on any atom is -0.496 e. The van der Waals surface area contributed by atoms with E-state index in [1.54, 1.807) is 19.1 Å². The first kappa shape index (κ1) is 18.7. The molecule has 0 saturated heterocycles. The lowest BCUT2D eigenvalue weighted by Gasteiger charge is -2.12. The van der Waals surface area contributed by atoms with Gasteiger partial charge in [-0.05, 0) is 48.0 Å². The number of halogens is 1. The van der Waals surface area contributed by atoms with Crippen molar-refractivity contribution in [2.24, 2.45) is 0 Å². The lowest BCUT2D eigenvalue weighted by molar-refractivity contribution is 0.0526. The number of methoxy groups -OCH3 is 1. The van der Waals surface area contributed by atoms with E-state index in [0.29, 0.717) is 17.0 Å². The van der Waals surface area contributed by atoms with Gasteiger partial charge in [0.2, 0.25) is 0 Å². The first-order valence-corrected chi connectivity index (χ1v) is 8.76. The summed E-state index contributed by atoms with van der Waals surface area (Å²) in [7, 11) is 1.52. The monoisotopic (exact) mass is 383 g/mol. The topological polar surface area (TPSA) is 64.6 Å². The number of esters is 1. The molecule has 0 aromatic heterocycles. The van der Waals surface area contributed by atoms with Crippen molar-refractivity contribution in [1.82, 2.24) is 0 Å². The van der Waals surface area contributed by atoms with E-state index in [4.69, 9.17) is 21.1 Å². The Morgan fingerprint density at radius 2 is 1.70 bits per heavy atom. The summed E-state index contributed by atoms with van der Waals surface area (Å²) in [5.74, 6) is -0.366. The Labute approximate surface area is 161 Å². The number of amides is 1. The molecule has 1 N–H and O–H groups in total. The number of anilines is 1. The second kappa shape index (κ2) is 8.10. The maximum atomic E-state index is 12.7. The van der Waals surface area contributed by atoms with Crippen LogP contribution in [-0.4, -0.2) is 25.6 Å². The third-order valence-corrected chi connectivity index (χ3v) is 4.35. The smallest absolute Gasteiger partial charge is 0.339 e. The average molecular weight is 384 g/mol. The largest absolute Gasteiger partial charge is 0.496 e. The van der Waals surface area contributed by atoms with Gasteiger partial charge < -0.3 is 14.8 Å². The van der Waals surface area contributed by atoms with Crippen molar-refractivity contribution in [3.63, 3.8) is 0 Å². The van der Waals surface area contributed by atoms with Crippen LogP contribution in [0.3, 0.4) is 0 Å². The molecule has 0 aliphatic rings. The number of benzene rings is 3. The zero-order valence-electron chi connectivity index (χ0n) is 14.9. The Morgan fingerprint density at radius 1 is 1.00 bits per heavy atom. The number of rotatable bonds is 5. The molecule has 0 saturated carbocycles. The third-order valence-electron chi connectivity index (χ3n) is 4.03. The molecule has 0 spiro atoms. The number of carbonyl (C=O) groups excluding carboxylic acids is 2. The first-order valence-electron chi connectivity index (χ1n) is 8.38. The molecule has 0 aliphatic heterocycles. The molecule has 0 radical (unpaired) electrons. The van der Waals surface area contributed by atoms with Gasteiger partial charge in [0.1, 0.15) is 5.75 Å². The van der Waals surface area contributed by atoms with Crippen LogP contribution in [0.1, 0.15) is 27.6 Å². The van der Waals surface area contributed by atoms with Crippen molar-refractivity contribution in [2.75, 3.05) is 19.0 Å². The summed E-state index contributed by atoms with van der Waals surface area (Å²) in [5, 5.41) is 4.90. The van der Waals surface area contributed by atoms with Crippen molar-refractivity contribution in [3.8, 4) is 5.75 Å². The normalized spacial score (nSPS) is 10.5. The molecule has 0 heterocycles. The Bertz CT molecular complexity index is 1020. The fourth-order valence-corrected chi connectivity index (χ4v) is 2.99. The molecule has 0 aliphatic carbocycles. The molecule has 138 valence electrons. The maximum Gasteiger partial charge on any atom is 0.339 e. The molecule has 5 nitrogen and oxygen atoms in total. The second-order valence-electron chi connectivity index (χ2n) is 5.77. The van der Waals surface area contributed by atoms with Crippen LogP contribution in [0.5, 0.6) is 5.75 Å². The van der Waals surface area contributed by atoms with Crippen molar-refractivity contribution in [2.45, 2.75) is 6.92 Å². The number of nitrogens with one attached hydrogen (secondary N) is 1. The van der Waals surface area contributed by atoms with Gasteiger partial charge in [0, 0.05) is 5.69 Å². The molecule has 3 aromatic rings. The van der Waals surface area contributed by atoms with E-state index in [2.05, 4.69) is 5.32 Å². The second-order valence-corrected chi connectivity index (χ2v) is 6.18. The number of ether oxygens (including phenoxy) is 2. The molecule has 3 aromatic carbocycles. The highest BCUT2D eigenvalue weighted by Gasteiger charge is 2.16. The van der Waals surface area contributed by atoms with Crippen molar-refractivity contribution >= 4 is 39.9 Å². The summed E-state index contributed by atoms with van der Waals surface area (Å²) < 4.78 is 10.3. The average Bonchev–Trinajstić information content (AvgIpc) is 2.67. The predicted octanol–water partition coefficient (Wildman–Crippen LogP) is 4.93.